The highest BCUT2D eigenvalue weighted by molar-refractivity contribution is 5.50. The van der Waals surface area contributed by atoms with Crippen molar-refractivity contribution in [2.45, 2.75) is 18.5 Å². The molecule has 1 heterocycles. The Bertz CT molecular complexity index is 353. The Morgan fingerprint density at radius 2 is 2.13 bits per heavy atom. The highest BCUT2D eigenvalue weighted by Crippen LogP contribution is 2.37. The summed E-state index contributed by atoms with van der Waals surface area (Å²) in [5, 5.41) is 0. The van der Waals surface area contributed by atoms with E-state index in [0.717, 1.165) is 13.0 Å². The van der Waals surface area contributed by atoms with E-state index >= 15 is 0 Å². The van der Waals surface area contributed by atoms with E-state index in [4.69, 9.17) is 5.73 Å². The Kier molecular flexibility index (Phi) is 2.65. The van der Waals surface area contributed by atoms with Gasteiger partial charge in [0, 0.05) is 17.8 Å². The number of anilines is 1. The second kappa shape index (κ2) is 3.81. The van der Waals surface area contributed by atoms with Crippen molar-refractivity contribution in [3.63, 3.8) is 0 Å². The molecule has 2 rings (SSSR count). The van der Waals surface area contributed by atoms with Crippen LogP contribution in [0.5, 0.6) is 0 Å². The van der Waals surface area contributed by atoms with E-state index < -0.39 is 5.67 Å². The first-order chi connectivity index (χ1) is 7.12. The quantitative estimate of drug-likeness (QED) is 0.717. The molecule has 15 heavy (non-hydrogen) atoms. The highest BCUT2D eigenvalue weighted by Gasteiger charge is 2.37. The van der Waals surface area contributed by atoms with Gasteiger partial charge in [0.1, 0.15) is 0 Å². The fourth-order valence-electron chi connectivity index (χ4n) is 2.34. The normalized spacial score (nSPS) is 27.9. The molecule has 1 aromatic rings. The summed E-state index contributed by atoms with van der Waals surface area (Å²) >= 11 is 0. The number of para-hydroxylation sites is 1. The van der Waals surface area contributed by atoms with Crippen LogP contribution in [0.3, 0.4) is 0 Å². The van der Waals surface area contributed by atoms with Gasteiger partial charge in [-0.05, 0) is 32.5 Å². The molecule has 1 unspecified atom stereocenters. The van der Waals surface area contributed by atoms with Gasteiger partial charge in [-0.15, -0.1) is 0 Å². The van der Waals surface area contributed by atoms with Crippen LogP contribution in [0.25, 0.3) is 0 Å². The first-order valence-corrected chi connectivity index (χ1v) is 5.34. The van der Waals surface area contributed by atoms with Crippen molar-refractivity contribution >= 4 is 5.69 Å². The summed E-state index contributed by atoms with van der Waals surface area (Å²) in [4.78, 5) is 2.02. The van der Waals surface area contributed by atoms with Crippen LogP contribution in [-0.2, 0) is 5.67 Å². The van der Waals surface area contributed by atoms with Gasteiger partial charge >= 0.3 is 0 Å². The molecule has 2 nitrogen and oxygen atoms in total. The van der Waals surface area contributed by atoms with Crippen molar-refractivity contribution < 1.29 is 4.39 Å². The van der Waals surface area contributed by atoms with Crippen LogP contribution in [0.4, 0.5) is 10.1 Å². The van der Waals surface area contributed by atoms with Crippen LogP contribution in [-0.4, -0.2) is 25.0 Å². The Morgan fingerprint density at radius 1 is 1.40 bits per heavy atom. The van der Waals surface area contributed by atoms with Crippen LogP contribution in [0, 0.1) is 0 Å². The second-order valence-corrected chi connectivity index (χ2v) is 4.39. The lowest BCUT2D eigenvalue weighted by molar-refractivity contribution is 0.0570. The fraction of sp³-hybridized carbons (Fsp3) is 0.500. The lowest BCUT2D eigenvalue weighted by Crippen LogP contribution is -2.41. The molecule has 0 saturated carbocycles. The van der Waals surface area contributed by atoms with Gasteiger partial charge in [-0.25, -0.2) is 4.39 Å². The molecule has 1 saturated heterocycles. The molecule has 2 N–H and O–H groups in total. The molecule has 3 heteroatoms. The Balaban J connectivity index is 2.32. The first-order valence-electron chi connectivity index (χ1n) is 5.34. The predicted octanol–water partition coefficient (Wildman–Crippen LogP) is 2.16. The number of likely N-dealkylation sites (tertiary alicyclic amines) is 1. The summed E-state index contributed by atoms with van der Waals surface area (Å²) in [5.74, 6) is 0. The molecular weight excluding hydrogens is 191 g/mol. The average molecular weight is 208 g/mol. The van der Waals surface area contributed by atoms with Crippen molar-refractivity contribution in [3.8, 4) is 0 Å². The summed E-state index contributed by atoms with van der Waals surface area (Å²) in [6, 6.07) is 7.26. The molecule has 0 aliphatic carbocycles. The number of hydrogen-bond acceptors (Lipinski definition) is 2. The topological polar surface area (TPSA) is 29.3 Å². The number of piperidine rings is 1. The van der Waals surface area contributed by atoms with Crippen LogP contribution in [0.2, 0.25) is 0 Å². The minimum absolute atomic E-state index is 0.446. The molecule has 1 aliphatic rings. The van der Waals surface area contributed by atoms with Crippen molar-refractivity contribution in [1.29, 1.82) is 0 Å². The number of benzene rings is 1. The van der Waals surface area contributed by atoms with E-state index in [1.165, 1.54) is 0 Å². The third-order valence-corrected chi connectivity index (χ3v) is 3.08. The average Bonchev–Trinajstić information content (AvgIpc) is 2.17. The second-order valence-electron chi connectivity index (χ2n) is 4.39. The number of alkyl halides is 1. The third kappa shape index (κ3) is 1.97. The van der Waals surface area contributed by atoms with E-state index in [-0.39, 0.29) is 0 Å². The highest BCUT2D eigenvalue weighted by atomic mass is 19.1. The van der Waals surface area contributed by atoms with Crippen molar-refractivity contribution in [2.75, 3.05) is 25.9 Å². The van der Waals surface area contributed by atoms with Gasteiger partial charge in [0.05, 0.1) is 0 Å². The molecule has 1 atom stereocenters. The summed E-state index contributed by atoms with van der Waals surface area (Å²) < 4.78 is 14.7. The standard InChI is InChI=1S/C12H17FN2/c1-15-8-4-7-12(13,9-15)10-5-2-3-6-11(10)14/h2-3,5-6H,4,7-9,14H2,1H3. The Labute approximate surface area is 89.9 Å². The van der Waals surface area contributed by atoms with E-state index in [2.05, 4.69) is 0 Å². The maximum absolute atomic E-state index is 14.7. The fourth-order valence-corrected chi connectivity index (χ4v) is 2.34. The zero-order valence-electron chi connectivity index (χ0n) is 9.04. The molecule has 0 amide bonds. The largest absolute Gasteiger partial charge is 0.398 e. The van der Waals surface area contributed by atoms with E-state index in [0.29, 0.717) is 24.2 Å². The summed E-state index contributed by atoms with van der Waals surface area (Å²) in [6.45, 7) is 1.42. The number of rotatable bonds is 1. The zero-order chi connectivity index (χ0) is 10.9. The minimum atomic E-state index is -1.27. The molecule has 0 bridgehead atoms. The Hall–Kier alpha value is -1.09. The molecule has 0 spiro atoms. The van der Waals surface area contributed by atoms with Crippen LogP contribution in [0.15, 0.2) is 24.3 Å². The summed E-state index contributed by atoms with van der Waals surface area (Å²) in [7, 11) is 1.95. The smallest absolute Gasteiger partial charge is 0.150 e. The first kappa shape index (κ1) is 10.4. The zero-order valence-corrected chi connectivity index (χ0v) is 9.04. The predicted molar refractivity (Wildman–Crippen MR) is 60.4 cm³/mol. The monoisotopic (exact) mass is 208 g/mol. The van der Waals surface area contributed by atoms with Crippen molar-refractivity contribution in [1.82, 2.24) is 4.90 Å². The molecular formula is C12H17FN2. The minimum Gasteiger partial charge on any atom is -0.398 e. The van der Waals surface area contributed by atoms with E-state index in [1.54, 1.807) is 12.1 Å². The lowest BCUT2D eigenvalue weighted by Gasteiger charge is -2.36. The molecule has 1 fully saturated rings. The number of nitrogen functional groups attached to an aromatic ring is 1. The van der Waals surface area contributed by atoms with Crippen molar-refractivity contribution in [3.05, 3.63) is 29.8 Å². The number of hydrogen-bond donors (Lipinski definition) is 1. The SMILES string of the molecule is CN1CCCC(F)(c2ccccc2N)C1. The maximum Gasteiger partial charge on any atom is 0.150 e. The molecule has 0 aromatic heterocycles. The number of halogens is 1. The third-order valence-electron chi connectivity index (χ3n) is 3.08. The Morgan fingerprint density at radius 3 is 2.80 bits per heavy atom. The molecule has 82 valence electrons. The maximum atomic E-state index is 14.7. The van der Waals surface area contributed by atoms with Crippen LogP contribution < -0.4 is 5.73 Å². The van der Waals surface area contributed by atoms with Gasteiger partial charge in [0.15, 0.2) is 5.67 Å². The van der Waals surface area contributed by atoms with Gasteiger partial charge in [-0.1, -0.05) is 18.2 Å². The number of nitrogens with zero attached hydrogens (tertiary/aromatic N) is 1. The van der Waals surface area contributed by atoms with E-state index in [1.807, 2.05) is 24.1 Å². The van der Waals surface area contributed by atoms with Gasteiger partial charge in [0.2, 0.25) is 0 Å². The van der Waals surface area contributed by atoms with Gasteiger partial charge in [-0.2, -0.15) is 0 Å². The lowest BCUT2D eigenvalue weighted by atomic mass is 9.86. The van der Waals surface area contributed by atoms with Gasteiger partial charge in [-0.3, -0.25) is 0 Å². The molecule has 1 aromatic carbocycles. The molecule has 1 aliphatic heterocycles. The van der Waals surface area contributed by atoms with E-state index in [9.17, 15) is 4.39 Å². The van der Waals surface area contributed by atoms with Crippen molar-refractivity contribution in [2.24, 2.45) is 0 Å². The summed E-state index contributed by atoms with van der Waals surface area (Å²) in [5.41, 5.74) is 5.77. The number of nitrogens with two attached hydrogens (primary N) is 1. The van der Waals surface area contributed by atoms with Gasteiger partial charge < -0.3 is 10.6 Å². The summed E-state index contributed by atoms with van der Waals surface area (Å²) in [6.07, 6.45) is 1.47. The number of likely N-dealkylation sites (N-methyl/N-ethyl adjacent to an activating group) is 1. The van der Waals surface area contributed by atoms with Gasteiger partial charge in [0.25, 0.3) is 0 Å². The molecule has 0 radical (unpaired) electrons. The van der Waals surface area contributed by atoms with Crippen LogP contribution in [0.1, 0.15) is 18.4 Å². The van der Waals surface area contributed by atoms with Crippen LogP contribution >= 0.6 is 0 Å².